The molecule has 0 atom stereocenters. The van der Waals surface area contributed by atoms with Crippen LogP contribution >= 0.6 is 35.5 Å². The van der Waals surface area contributed by atoms with Crippen LogP contribution in [0.3, 0.4) is 0 Å². The molecule has 0 aliphatic heterocycles. The van der Waals surface area contributed by atoms with Crippen molar-refractivity contribution in [1.82, 2.24) is 20.6 Å². The molecule has 2 aromatic heterocycles. The molecule has 0 aromatic carbocycles. The molecule has 0 saturated heterocycles. The Bertz CT molecular complexity index is 681. The normalized spacial score (nSPS) is 10.7. The molecule has 0 radical (unpaired) electrons. The first kappa shape index (κ1) is 22.1. The molecule has 0 aliphatic carbocycles. The van der Waals surface area contributed by atoms with Gasteiger partial charge in [-0.3, -0.25) is 4.79 Å². The van der Waals surface area contributed by atoms with Gasteiger partial charge in [0.25, 0.3) is 0 Å². The van der Waals surface area contributed by atoms with E-state index >= 15 is 0 Å². The van der Waals surface area contributed by atoms with Gasteiger partial charge in [-0.1, -0.05) is 0 Å². The summed E-state index contributed by atoms with van der Waals surface area (Å²) >= 11 is 3.31. The van der Waals surface area contributed by atoms with Crippen molar-refractivity contribution in [2.24, 2.45) is 0 Å². The van der Waals surface area contributed by atoms with Crippen LogP contribution in [-0.4, -0.2) is 55.0 Å². The van der Waals surface area contributed by atoms with Gasteiger partial charge < -0.3 is 15.4 Å². The molecule has 2 rings (SSSR count). The number of rotatable bonds is 10. The summed E-state index contributed by atoms with van der Waals surface area (Å²) in [5.41, 5.74) is 1.24. The van der Waals surface area contributed by atoms with Crippen LogP contribution < -0.4 is 10.6 Å². The van der Waals surface area contributed by atoms with Crippen LogP contribution in [0.4, 0.5) is 0 Å². The van der Waals surface area contributed by atoms with E-state index in [2.05, 4.69) is 34.4 Å². The number of carbonyl (C=O) groups excluding carboxylic acids is 1. The largest absolute Gasteiger partial charge is 0.383 e. The van der Waals surface area contributed by atoms with E-state index in [9.17, 15) is 4.79 Å². The van der Waals surface area contributed by atoms with Crippen molar-refractivity contribution < 1.29 is 9.53 Å². The first-order chi connectivity index (χ1) is 11.6. The van der Waals surface area contributed by atoms with Gasteiger partial charge in [-0.15, -0.1) is 35.5 Å². The lowest BCUT2D eigenvalue weighted by Gasteiger charge is -2.07. The maximum atomic E-state index is 11.8. The van der Waals surface area contributed by atoms with Crippen LogP contribution in [0.2, 0.25) is 0 Å². The summed E-state index contributed by atoms with van der Waals surface area (Å²) in [6.45, 7) is 7.07. The summed E-state index contributed by atoms with van der Waals surface area (Å²) < 4.78 is 4.94. The number of carbonyl (C=O) groups is 1. The lowest BCUT2D eigenvalue weighted by molar-refractivity contribution is -0.120. The molecule has 0 aliphatic rings. The quantitative estimate of drug-likeness (QED) is 0.360. The van der Waals surface area contributed by atoms with Gasteiger partial charge in [0.1, 0.15) is 16.2 Å². The molecule has 140 valence electrons. The number of hydrogen-bond donors (Lipinski definition) is 2. The minimum Gasteiger partial charge on any atom is -0.383 e. The standard InChI is InChI=1S/C16H24N4O2S2.ClH/c1-11-12(2)24-16-14(11)15(19-10-20-16)23-9-4-13(21)18-6-5-17-7-8-22-3;/h10,17H,4-9H2,1-3H3,(H,18,21);1H. The number of methoxy groups -OCH3 is 1. The Morgan fingerprint density at radius 2 is 2.08 bits per heavy atom. The minimum atomic E-state index is 0. The SMILES string of the molecule is COCCNCCNC(=O)CCSc1ncnc2sc(C)c(C)c12.Cl. The lowest BCUT2D eigenvalue weighted by Crippen LogP contribution is -2.33. The number of aryl methyl sites for hydroxylation is 2. The van der Waals surface area contributed by atoms with E-state index in [4.69, 9.17) is 4.74 Å². The van der Waals surface area contributed by atoms with Crippen molar-refractivity contribution in [2.45, 2.75) is 25.3 Å². The van der Waals surface area contributed by atoms with E-state index in [0.29, 0.717) is 25.3 Å². The van der Waals surface area contributed by atoms with Gasteiger partial charge in [0.15, 0.2) is 0 Å². The van der Waals surface area contributed by atoms with Crippen molar-refractivity contribution in [1.29, 1.82) is 0 Å². The maximum absolute atomic E-state index is 11.8. The first-order valence-electron chi connectivity index (χ1n) is 7.93. The number of ether oxygens (including phenoxy) is 1. The molecule has 1 amide bonds. The summed E-state index contributed by atoms with van der Waals surface area (Å²) in [7, 11) is 1.67. The molecule has 0 saturated carbocycles. The molecule has 2 aromatic rings. The number of halogens is 1. The van der Waals surface area contributed by atoms with E-state index in [1.54, 1.807) is 36.5 Å². The minimum absolute atomic E-state index is 0. The molecular weight excluding hydrogens is 380 g/mol. The van der Waals surface area contributed by atoms with Crippen molar-refractivity contribution in [3.63, 3.8) is 0 Å². The van der Waals surface area contributed by atoms with Crippen molar-refractivity contribution in [3.8, 4) is 0 Å². The molecule has 2 heterocycles. The highest BCUT2D eigenvalue weighted by Crippen LogP contribution is 2.34. The third-order valence-corrected chi connectivity index (χ3v) is 5.71. The summed E-state index contributed by atoms with van der Waals surface area (Å²) in [6.07, 6.45) is 2.09. The Hall–Kier alpha value is -0.930. The van der Waals surface area contributed by atoms with Crippen LogP contribution in [0.15, 0.2) is 11.4 Å². The monoisotopic (exact) mass is 404 g/mol. The Kier molecular flexibility index (Phi) is 10.3. The number of aromatic nitrogens is 2. The number of hydrogen-bond acceptors (Lipinski definition) is 7. The van der Waals surface area contributed by atoms with E-state index in [1.807, 2.05) is 0 Å². The zero-order valence-corrected chi connectivity index (χ0v) is 17.2. The number of nitrogens with zero attached hydrogens (tertiary/aromatic N) is 2. The summed E-state index contributed by atoms with van der Waals surface area (Å²) in [5.74, 6) is 0.781. The van der Waals surface area contributed by atoms with Crippen LogP contribution in [0.1, 0.15) is 16.9 Å². The second kappa shape index (κ2) is 11.6. The summed E-state index contributed by atoms with van der Waals surface area (Å²) in [4.78, 5) is 22.9. The number of amides is 1. The van der Waals surface area contributed by atoms with E-state index < -0.39 is 0 Å². The molecule has 25 heavy (non-hydrogen) atoms. The molecule has 0 bridgehead atoms. The lowest BCUT2D eigenvalue weighted by atomic mass is 10.2. The van der Waals surface area contributed by atoms with E-state index in [1.165, 1.54) is 10.4 Å². The Morgan fingerprint density at radius 3 is 2.84 bits per heavy atom. The highest BCUT2D eigenvalue weighted by atomic mass is 35.5. The van der Waals surface area contributed by atoms with Gasteiger partial charge in [-0.05, 0) is 19.4 Å². The summed E-state index contributed by atoms with van der Waals surface area (Å²) in [6, 6.07) is 0. The number of nitrogens with one attached hydrogen (secondary N) is 2. The predicted octanol–water partition coefficient (Wildman–Crippen LogP) is 2.56. The number of thioether (sulfide) groups is 1. The topological polar surface area (TPSA) is 76.1 Å². The Labute approximate surface area is 162 Å². The van der Waals surface area contributed by atoms with Gasteiger partial charge >= 0.3 is 0 Å². The predicted molar refractivity (Wildman–Crippen MR) is 107 cm³/mol. The van der Waals surface area contributed by atoms with Gasteiger partial charge in [-0.25, -0.2) is 9.97 Å². The fraction of sp³-hybridized carbons (Fsp3) is 0.562. The van der Waals surface area contributed by atoms with Crippen LogP contribution in [0, 0.1) is 13.8 Å². The summed E-state index contributed by atoms with van der Waals surface area (Å²) in [5, 5.41) is 8.20. The fourth-order valence-corrected chi connectivity index (χ4v) is 4.24. The van der Waals surface area contributed by atoms with Crippen LogP contribution in [0.25, 0.3) is 10.2 Å². The van der Waals surface area contributed by atoms with Crippen molar-refractivity contribution in [3.05, 3.63) is 16.8 Å². The molecule has 6 nitrogen and oxygen atoms in total. The third kappa shape index (κ3) is 6.71. The second-order valence-corrected chi connectivity index (χ2v) is 7.62. The van der Waals surface area contributed by atoms with Gasteiger partial charge in [0, 0.05) is 49.2 Å². The van der Waals surface area contributed by atoms with Crippen molar-refractivity contribution in [2.75, 3.05) is 39.1 Å². The second-order valence-electron chi connectivity index (χ2n) is 5.33. The van der Waals surface area contributed by atoms with Gasteiger partial charge in [-0.2, -0.15) is 0 Å². The average Bonchev–Trinajstić information content (AvgIpc) is 2.86. The highest BCUT2D eigenvalue weighted by Gasteiger charge is 2.12. The third-order valence-electron chi connectivity index (χ3n) is 3.61. The van der Waals surface area contributed by atoms with E-state index in [-0.39, 0.29) is 18.3 Å². The Balaban J connectivity index is 0.00000312. The molecule has 2 N–H and O–H groups in total. The molecule has 0 fully saturated rings. The van der Waals surface area contributed by atoms with Gasteiger partial charge in [0.2, 0.25) is 5.91 Å². The molecule has 9 heteroatoms. The average molecular weight is 405 g/mol. The van der Waals surface area contributed by atoms with Gasteiger partial charge in [0.05, 0.1) is 6.61 Å². The zero-order chi connectivity index (χ0) is 17.4. The van der Waals surface area contributed by atoms with Crippen LogP contribution in [-0.2, 0) is 9.53 Å². The maximum Gasteiger partial charge on any atom is 0.220 e. The Morgan fingerprint density at radius 1 is 1.28 bits per heavy atom. The molecule has 0 unspecified atom stereocenters. The van der Waals surface area contributed by atoms with E-state index in [0.717, 1.165) is 28.3 Å². The fourth-order valence-electron chi connectivity index (χ4n) is 2.18. The van der Waals surface area contributed by atoms with Crippen molar-refractivity contribution >= 4 is 51.6 Å². The number of thiophene rings is 1. The first-order valence-corrected chi connectivity index (χ1v) is 9.73. The highest BCUT2D eigenvalue weighted by molar-refractivity contribution is 7.99. The smallest absolute Gasteiger partial charge is 0.220 e. The molecule has 0 spiro atoms. The molecular formula is C16H25ClN4O2S2. The number of fused-ring (bicyclic) bond motifs is 1. The zero-order valence-electron chi connectivity index (χ0n) is 14.8. The van der Waals surface area contributed by atoms with Crippen LogP contribution in [0.5, 0.6) is 0 Å².